The Kier molecular flexibility index (Phi) is 5.01. The molecule has 1 N–H and O–H groups in total. The molecule has 0 unspecified atom stereocenters. The summed E-state index contributed by atoms with van der Waals surface area (Å²) in [5, 5.41) is 10.1. The number of ether oxygens (including phenoxy) is 1. The minimum Gasteiger partial charge on any atom is -0.469 e. The number of methoxy groups -OCH3 is 1. The van der Waals surface area contributed by atoms with Crippen LogP contribution in [0.4, 0.5) is 0 Å². The molecule has 0 aromatic carbocycles. The molecule has 2 fully saturated rings. The van der Waals surface area contributed by atoms with Crippen molar-refractivity contribution in [1.29, 1.82) is 0 Å². The highest BCUT2D eigenvalue weighted by atomic mass is 16.5. The largest absolute Gasteiger partial charge is 0.469 e. The average Bonchev–Trinajstić information content (AvgIpc) is 2.40. The highest BCUT2D eigenvalue weighted by molar-refractivity contribution is 5.69. The second-order valence-electron chi connectivity index (χ2n) is 5.68. The van der Waals surface area contributed by atoms with Gasteiger partial charge in [-0.3, -0.25) is 9.69 Å². The fourth-order valence-corrected chi connectivity index (χ4v) is 3.33. The third-order valence-corrected chi connectivity index (χ3v) is 4.50. The molecule has 0 radical (unpaired) electrons. The van der Waals surface area contributed by atoms with Crippen LogP contribution in [0.25, 0.3) is 0 Å². The van der Waals surface area contributed by atoms with E-state index in [1.807, 2.05) is 0 Å². The van der Waals surface area contributed by atoms with Gasteiger partial charge in [-0.25, -0.2) is 0 Å². The Bertz CT molecular complexity index is 274. The van der Waals surface area contributed by atoms with Crippen LogP contribution in [-0.2, 0) is 9.53 Å². The number of hydrogen-bond acceptors (Lipinski definition) is 4. The van der Waals surface area contributed by atoms with Gasteiger partial charge in [-0.2, -0.15) is 0 Å². The molecule has 0 spiro atoms. The van der Waals surface area contributed by atoms with Crippen LogP contribution in [0.5, 0.6) is 0 Å². The molecule has 2 atom stereocenters. The number of piperidine rings is 1. The maximum atomic E-state index is 11.2. The van der Waals surface area contributed by atoms with Gasteiger partial charge in [0.2, 0.25) is 0 Å². The Balaban J connectivity index is 1.77. The number of esters is 1. The molecule has 1 aliphatic carbocycles. The number of likely N-dealkylation sites (tertiary alicyclic amines) is 1. The summed E-state index contributed by atoms with van der Waals surface area (Å²) in [5.41, 5.74) is 0. The summed E-state index contributed by atoms with van der Waals surface area (Å²) >= 11 is 0. The normalized spacial score (nSPS) is 31.2. The number of aliphatic hydroxyl groups is 1. The lowest BCUT2D eigenvalue weighted by Crippen LogP contribution is -2.48. The lowest BCUT2D eigenvalue weighted by Gasteiger charge is -2.41. The summed E-state index contributed by atoms with van der Waals surface area (Å²) in [6.07, 6.45) is 7.00. The molecular weight excluding hydrogens is 230 g/mol. The van der Waals surface area contributed by atoms with Gasteiger partial charge in [-0.05, 0) is 44.7 Å². The summed E-state index contributed by atoms with van der Waals surface area (Å²) in [5.74, 6) is 0.376. The second-order valence-corrected chi connectivity index (χ2v) is 5.68. The summed E-state index contributed by atoms with van der Waals surface area (Å²) in [7, 11) is 1.45. The molecule has 4 nitrogen and oxygen atoms in total. The van der Waals surface area contributed by atoms with Crippen molar-refractivity contribution in [1.82, 2.24) is 4.90 Å². The zero-order valence-electron chi connectivity index (χ0n) is 11.3. The van der Waals surface area contributed by atoms with Crippen LogP contribution >= 0.6 is 0 Å². The molecule has 0 aromatic rings. The van der Waals surface area contributed by atoms with Crippen LogP contribution < -0.4 is 0 Å². The van der Waals surface area contributed by atoms with E-state index in [0.29, 0.717) is 18.4 Å². The quantitative estimate of drug-likeness (QED) is 0.778. The Morgan fingerprint density at radius 1 is 1.22 bits per heavy atom. The first-order valence-corrected chi connectivity index (χ1v) is 7.19. The summed E-state index contributed by atoms with van der Waals surface area (Å²) in [6, 6.07) is 0.359. The number of aliphatic hydroxyl groups excluding tert-OH is 1. The third kappa shape index (κ3) is 3.45. The first kappa shape index (κ1) is 13.8. The third-order valence-electron chi connectivity index (χ3n) is 4.50. The van der Waals surface area contributed by atoms with E-state index in [0.717, 1.165) is 45.2 Å². The summed E-state index contributed by atoms with van der Waals surface area (Å²) < 4.78 is 4.72. The molecule has 0 amide bonds. The van der Waals surface area contributed by atoms with Crippen molar-refractivity contribution >= 4 is 5.97 Å². The van der Waals surface area contributed by atoms with Gasteiger partial charge in [-0.15, -0.1) is 0 Å². The highest BCUT2D eigenvalue weighted by Gasteiger charge is 2.31. The Hall–Kier alpha value is -0.610. The van der Waals surface area contributed by atoms with Crippen LogP contribution in [-0.4, -0.2) is 48.3 Å². The van der Waals surface area contributed by atoms with Crippen molar-refractivity contribution < 1.29 is 14.6 Å². The molecular formula is C14H25NO3. The second kappa shape index (κ2) is 6.53. The van der Waals surface area contributed by atoms with Gasteiger partial charge in [0, 0.05) is 12.5 Å². The van der Waals surface area contributed by atoms with Crippen molar-refractivity contribution in [3.63, 3.8) is 0 Å². The standard InChI is InChI=1S/C14H25NO3/c1-18-14(17)10-11-6-8-15(9-7-11)12-4-2-3-5-13(12)16/h11-13,16H,2-10H2,1H3/t12-,13-/m0/s1. The Morgan fingerprint density at radius 3 is 2.50 bits per heavy atom. The van der Waals surface area contributed by atoms with Gasteiger partial charge in [0.1, 0.15) is 0 Å². The predicted molar refractivity (Wildman–Crippen MR) is 69.2 cm³/mol. The number of rotatable bonds is 3. The maximum Gasteiger partial charge on any atom is 0.305 e. The molecule has 104 valence electrons. The predicted octanol–water partition coefficient (Wildman–Crippen LogP) is 1.56. The molecule has 2 aliphatic rings. The number of hydrogen-bond donors (Lipinski definition) is 1. The van der Waals surface area contributed by atoms with Crippen LogP contribution in [0, 0.1) is 5.92 Å². The first-order valence-electron chi connectivity index (χ1n) is 7.19. The van der Waals surface area contributed by atoms with E-state index in [1.54, 1.807) is 0 Å². The Morgan fingerprint density at radius 2 is 1.89 bits per heavy atom. The van der Waals surface area contributed by atoms with E-state index in [9.17, 15) is 9.90 Å². The van der Waals surface area contributed by atoms with E-state index >= 15 is 0 Å². The van der Waals surface area contributed by atoms with Crippen LogP contribution in [0.1, 0.15) is 44.9 Å². The zero-order valence-corrected chi connectivity index (χ0v) is 11.3. The number of carbonyl (C=O) groups is 1. The Labute approximate surface area is 109 Å². The van der Waals surface area contributed by atoms with Crippen molar-refractivity contribution in [2.75, 3.05) is 20.2 Å². The molecule has 0 bridgehead atoms. The topological polar surface area (TPSA) is 49.8 Å². The van der Waals surface area contributed by atoms with Crippen molar-refractivity contribution in [3.8, 4) is 0 Å². The molecule has 2 rings (SSSR count). The molecule has 0 aromatic heterocycles. The van der Waals surface area contributed by atoms with Gasteiger partial charge in [0.15, 0.2) is 0 Å². The average molecular weight is 255 g/mol. The first-order chi connectivity index (χ1) is 8.70. The van der Waals surface area contributed by atoms with Crippen molar-refractivity contribution in [3.05, 3.63) is 0 Å². The molecule has 1 saturated carbocycles. The lowest BCUT2D eigenvalue weighted by molar-refractivity contribution is -0.142. The van der Waals surface area contributed by atoms with Gasteiger partial charge < -0.3 is 9.84 Å². The van der Waals surface area contributed by atoms with Crippen LogP contribution in [0.2, 0.25) is 0 Å². The maximum absolute atomic E-state index is 11.2. The summed E-state index contributed by atoms with van der Waals surface area (Å²) in [4.78, 5) is 13.7. The molecule has 1 saturated heterocycles. The number of nitrogens with zero attached hydrogens (tertiary/aromatic N) is 1. The van der Waals surface area contributed by atoms with E-state index < -0.39 is 0 Å². The highest BCUT2D eigenvalue weighted by Crippen LogP contribution is 2.28. The van der Waals surface area contributed by atoms with Gasteiger partial charge in [0.05, 0.1) is 13.2 Å². The molecule has 1 aliphatic heterocycles. The molecule has 18 heavy (non-hydrogen) atoms. The van der Waals surface area contributed by atoms with E-state index in [-0.39, 0.29) is 12.1 Å². The molecule has 4 heteroatoms. The monoisotopic (exact) mass is 255 g/mol. The fourth-order valence-electron chi connectivity index (χ4n) is 3.33. The van der Waals surface area contributed by atoms with Gasteiger partial charge in [0.25, 0.3) is 0 Å². The van der Waals surface area contributed by atoms with Crippen molar-refractivity contribution in [2.24, 2.45) is 5.92 Å². The van der Waals surface area contributed by atoms with E-state index in [2.05, 4.69) is 4.90 Å². The smallest absolute Gasteiger partial charge is 0.305 e. The molecule has 1 heterocycles. The fraction of sp³-hybridized carbons (Fsp3) is 0.929. The summed E-state index contributed by atoms with van der Waals surface area (Å²) in [6.45, 7) is 2.03. The zero-order chi connectivity index (χ0) is 13.0. The SMILES string of the molecule is COC(=O)CC1CCN([C@H]2CCCC[C@@H]2O)CC1. The van der Waals surface area contributed by atoms with E-state index in [1.165, 1.54) is 13.5 Å². The minimum atomic E-state index is -0.143. The van der Waals surface area contributed by atoms with Crippen molar-refractivity contribution in [2.45, 2.75) is 57.1 Å². The van der Waals surface area contributed by atoms with E-state index in [4.69, 9.17) is 4.74 Å². The van der Waals surface area contributed by atoms with Crippen LogP contribution in [0.3, 0.4) is 0 Å². The van der Waals surface area contributed by atoms with Crippen LogP contribution in [0.15, 0.2) is 0 Å². The number of carbonyl (C=O) groups excluding carboxylic acids is 1. The van der Waals surface area contributed by atoms with Gasteiger partial charge >= 0.3 is 5.97 Å². The lowest BCUT2D eigenvalue weighted by atomic mass is 9.87. The minimum absolute atomic E-state index is 0.0915. The van der Waals surface area contributed by atoms with Gasteiger partial charge in [-0.1, -0.05) is 12.8 Å².